The number of piperidine rings is 1. The van der Waals surface area contributed by atoms with E-state index in [1.165, 1.54) is 54.5 Å². The average Bonchev–Trinajstić information content (AvgIpc) is 3.19. The van der Waals surface area contributed by atoms with Crippen molar-refractivity contribution in [1.29, 1.82) is 0 Å². The van der Waals surface area contributed by atoms with Crippen LogP contribution >= 0.6 is 11.3 Å². The van der Waals surface area contributed by atoms with Gasteiger partial charge in [0.25, 0.3) is 5.91 Å². The fraction of sp³-hybridized carbons (Fsp3) is 0.500. The van der Waals surface area contributed by atoms with Crippen molar-refractivity contribution < 1.29 is 4.79 Å². The van der Waals surface area contributed by atoms with Gasteiger partial charge in [-0.1, -0.05) is 43.5 Å². The summed E-state index contributed by atoms with van der Waals surface area (Å²) in [6.07, 6.45) is 10.4. The molecule has 0 unspecified atom stereocenters. The summed E-state index contributed by atoms with van der Waals surface area (Å²) in [6, 6.07) is 13.2. The number of carbonyl (C=O) groups is 1. The largest absolute Gasteiger partial charge is 0.338 e. The number of carbonyl (C=O) groups excluding carboxylic acids is 1. The van der Waals surface area contributed by atoms with Crippen LogP contribution in [0.4, 0.5) is 0 Å². The average molecular weight is 354 g/mol. The van der Waals surface area contributed by atoms with Gasteiger partial charge in [0.1, 0.15) is 0 Å². The molecule has 3 heteroatoms. The fourth-order valence-electron chi connectivity index (χ4n) is 4.22. The molecule has 2 nitrogen and oxygen atoms in total. The van der Waals surface area contributed by atoms with E-state index in [1.54, 1.807) is 11.3 Å². The maximum atomic E-state index is 12.6. The zero-order valence-electron chi connectivity index (χ0n) is 14.9. The highest BCUT2D eigenvalue weighted by Gasteiger charge is 2.20. The van der Waals surface area contributed by atoms with E-state index in [0.717, 1.165) is 36.7 Å². The van der Waals surface area contributed by atoms with Crippen LogP contribution in [0.15, 0.2) is 36.4 Å². The van der Waals surface area contributed by atoms with Gasteiger partial charge in [-0.3, -0.25) is 4.79 Å². The molecular formula is C22H27NOS. The van der Waals surface area contributed by atoms with E-state index in [1.807, 2.05) is 11.0 Å². The Bertz CT molecular complexity index is 706. The topological polar surface area (TPSA) is 20.3 Å². The predicted molar refractivity (Wildman–Crippen MR) is 105 cm³/mol. The number of rotatable bonds is 3. The van der Waals surface area contributed by atoms with Crippen molar-refractivity contribution in [1.82, 2.24) is 4.90 Å². The van der Waals surface area contributed by atoms with Crippen molar-refractivity contribution in [2.24, 2.45) is 0 Å². The summed E-state index contributed by atoms with van der Waals surface area (Å²) in [6.45, 7) is 1.84. The molecule has 0 N–H and O–H groups in total. The minimum absolute atomic E-state index is 0.217. The lowest BCUT2D eigenvalue weighted by Crippen LogP contribution is -2.35. The lowest BCUT2D eigenvalue weighted by molar-refractivity contribution is 0.0729. The lowest BCUT2D eigenvalue weighted by Gasteiger charge is -2.26. The van der Waals surface area contributed by atoms with Gasteiger partial charge in [0.05, 0.1) is 4.88 Å². The molecule has 0 bridgehead atoms. The van der Waals surface area contributed by atoms with Crippen molar-refractivity contribution in [3.05, 3.63) is 46.8 Å². The van der Waals surface area contributed by atoms with Gasteiger partial charge in [-0.15, -0.1) is 11.3 Å². The number of nitrogens with zero attached hydrogens (tertiary/aromatic N) is 1. The second kappa shape index (κ2) is 7.74. The van der Waals surface area contributed by atoms with Crippen LogP contribution in [0.1, 0.15) is 72.5 Å². The van der Waals surface area contributed by atoms with Gasteiger partial charge < -0.3 is 4.90 Å². The number of hydrogen-bond acceptors (Lipinski definition) is 2. The minimum Gasteiger partial charge on any atom is -0.338 e. The Morgan fingerprint density at radius 2 is 1.52 bits per heavy atom. The van der Waals surface area contributed by atoms with Crippen LogP contribution in [0.5, 0.6) is 0 Å². The summed E-state index contributed by atoms with van der Waals surface area (Å²) in [5, 5.41) is 0. The van der Waals surface area contributed by atoms with Crippen molar-refractivity contribution in [2.75, 3.05) is 13.1 Å². The first-order valence-corrected chi connectivity index (χ1v) is 10.6. The predicted octanol–water partition coefficient (Wildman–Crippen LogP) is 6.09. The smallest absolute Gasteiger partial charge is 0.263 e. The number of hydrogen-bond donors (Lipinski definition) is 0. The fourth-order valence-corrected chi connectivity index (χ4v) is 5.20. The molecule has 2 aliphatic rings. The molecule has 1 amide bonds. The Labute approximate surface area is 154 Å². The molecular weight excluding hydrogens is 326 g/mol. The van der Waals surface area contributed by atoms with Crippen LogP contribution in [0.2, 0.25) is 0 Å². The zero-order chi connectivity index (χ0) is 17.1. The zero-order valence-corrected chi connectivity index (χ0v) is 15.7. The number of benzene rings is 1. The van der Waals surface area contributed by atoms with Crippen LogP contribution in [-0.2, 0) is 0 Å². The van der Waals surface area contributed by atoms with Crippen LogP contribution in [-0.4, -0.2) is 23.9 Å². The van der Waals surface area contributed by atoms with Crippen molar-refractivity contribution in [3.63, 3.8) is 0 Å². The van der Waals surface area contributed by atoms with Gasteiger partial charge in [0, 0.05) is 18.0 Å². The van der Waals surface area contributed by atoms with Crippen LogP contribution in [0.3, 0.4) is 0 Å². The molecule has 1 aliphatic heterocycles. The van der Waals surface area contributed by atoms with Crippen molar-refractivity contribution >= 4 is 17.2 Å². The molecule has 2 aromatic rings. The highest BCUT2D eigenvalue weighted by molar-refractivity contribution is 7.17. The summed E-state index contributed by atoms with van der Waals surface area (Å²) in [4.78, 5) is 16.7. The van der Waals surface area contributed by atoms with E-state index >= 15 is 0 Å². The summed E-state index contributed by atoms with van der Waals surface area (Å²) in [5.41, 5.74) is 2.73. The maximum absolute atomic E-state index is 12.6. The van der Waals surface area contributed by atoms with Crippen LogP contribution < -0.4 is 0 Å². The molecule has 1 saturated heterocycles. The van der Waals surface area contributed by atoms with Gasteiger partial charge in [-0.2, -0.15) is 0 Å². The molecule has 0 spiro atoms. The third kappa shape index (κ3) is 3.82. The Morgan fingerprint density at radius 3 is 2.24 bits per heavy atom. The van der Waals surface area contributed by atoms with E-state index in [2.05, 4.69) is 30.3 Å². The minimum atomic E-state index is 0.217. The van der Waals surface area contributed by atoms with Crippen LogP contribution in [0.25, 0.3) is 10.4 Å². The molecule has 0 radical (unpaired) electrons. The summed E-state index contributed by atoms with van der Waals surface area (Å²) in [7, 11) is 0. The molecule has 4 rings (SSSR count). The third-order valence-electron chi connectivity index (χ3n) is 5.73. The molecule has 1 saturated carbocycles. The summed E-state index contributed by atoms with van der Waals surface area (Å²) < 4.78 is 0. The summed E-state index contributed by atoms with van der Waals surface area (Å²) in [5.74, 6) is 0.970. The number of likely N-dealkylation sites (tertiary alicyclic amines) is 1. The molecule has 1 aliphatic carbocycles. The van der Waals surface area contributed by atoms with Crippen molar-refractivity contribution in [2.45, 2.75) is 57.3 Å². The highest BCUT2D eigenvalue weighted by atomic mass is 32.1. The first kappa shape index (κ1) is 16.8. The standard InChI is InChI=1S/C22H27NOS/c24-22(23-15-5-2-6-16-23)21-14-13-20(25-21)19-11-9-18(10-12-19)17-7-3-1-4-8-17/h9-14,17H,1-8,15-16H2. The molecule has 1 aromatic carbocycles. The molecule has 0 atom stereocenters. The molecule has 2 heterocycles. The van der Waals surface area contributed by atoms with E-state index in [4.69, 9.17) is 0 Å². The van der Waals surface area contributed by atoms with Crippen molar-refractivity contribution in [3.8, 4) is 10.4 Å². The number of thiophene rings is 1. The molecule has 2 fully saturated rings. The Hall–Kier alpha value is -1.61. The Kier molecular flexibility index (Phi) is 5.21. The second-order valence-corrected chi connectivity index (χ2v) is 8.56. The first-order chi connectivity index (χ1) is 12.3. The van der Waals surface area contributed by atoms with E-state index in [9.17, 15) is 4.79 Å². The maximum Gasteiger partial charge on any atom is 0.263 e. The normalized spacial score (nSPS) is 19.1. The second-order valence-electron chi connectivity index (χ2n) is 7.47. The first-order valence-electron chi connectivity index (χ1n) is 9.81. The molecule has 132 valence electrons. The Morgan fingerprint density at radius 1 is 0.840 bits per heavy atom. The quantitative estimate of drug-likeness (QED) is 0.654. The summed E-state index contributed by atoms with van der Waals surface area (Å²) >= 11 is 1.64. The lowest BCUT2D eigenvalue weighted by atomic mass is 9.84. The van der Waals surface area contributed by atoms with Gasteiger partial charge in [0.15, 0.2) is 0 Å². The molecule has 1 aromatic heterocycles. The van der Waals surface area contributed by atoms with Gasteiger partial charge >= 0.3 is 0 Å². The number of amides is 1. The van der Waals surface area contributed by atoms with E-state index in [-0.39, 0.29) is 5.91 Å². The van der Waals surface area contributed by atoms with Gasteiger partial charge in [-0.25, -0.2) is 0 Å². The molecule has 25 heavy (non-hydrogen) atoms. The van der Waals surface area contributed by atoms with E-state index in [0.29, 0.717) is 0 Å². The van der Waals surface area contributed by atoms with Gasteiger partial charge in [-0.05, 0) is 61.3 Å². The third-order valence-corrected chi connectivity index (χ3v) is 6.85. The van der Waals surface area contributed by atoms with E-state index < -0.39 is 0 Å². The Balaban J connectivity index is 1.46. The highest BCUT2D eigenvalue weighted by Crippen LogP contribution is 2.35. The van der Waals surface area contributed by atoms with Gasteiger partial charge in [0.2, 0.25) is 0 Å². The van der Waals surface area contributed by atoms with Crippen LogP contribution in [0, 0.1) is 0 Å². The monoisotopic (exact) mass is 353 g/mol. The SMILES string of the molecule is O=C(c1ccc(-c2ccc(C3CCCCC3)cc2)s1)N1CCCCC1.